The van der Waals surface area contributed by atoms with Crippen molar-refractivity contribution in [3.8, 4) is 23.0 Å². The van der Waals surface area contributed by atoms with E-state index in [0.717, 1.165) is 11.1 Å². The number of fused-ring (bicyclic) bond motifs is 4. The Hall–Kier alpha value is -10.3. The van der Waals surface area contributed by atoms with Gasteiger partial charge in [-0.2, -0.15) is 0 Å². The number of guanidine groups is 4. The third-order valence-electron chi connectivity index (χ3n) is 22.8. The average Bonchev–Trinajstić information content (AvgIpc) is 1.65. The molecule has 37 nitrogen and oxygen atoms in total. The number of ether oxygens (including phenoxy) is 4. The van der Waals surface area contributed by atoms with Gasteiger partial charge in [-0.3, -0.25) is 45.6 Å². The Labute approximate surface area is 721 Å². The maximum atomic E-state index is 15.2. The molecule has 0 saturated heterocycles. The zero-order valence-corrected chi connectivity index (χ0v) is 77.5. The van der Waals surface area contributed by atoms with E-state index in [1.807, 2.05) is 55.4 Å². The van der Waals surface area contributed by atoms with Gasteiger partial charge in [-0.05, 0) is 270 Å². The predicted molar refractivity (Wildman–Crippen MR) is 464 cm³/mol. The van der Waals surface area contributed by atoms with E-state index in [9.17, 15) is 62.8 Å². The van der Waals surface area contributed by atoms with Gasteiger partial charge in [-0.1, -0.05) is 0 Å². The second-order valence-electron chi connectivity index (χ2n) is 35.0. The van der Waals surface area contributed by atoms with Crippen molar-refractivity contribution in [2.24, 2.45) is 5.73 Å². The monoisotopic (exact) mass is 1790 g/mol. The molecule has 8 rings (SSSR count). The van der Waals surface area contributed by atoms with Crippen LogP contribution in [0.1, 0.15) is 210 Å². The van der Waals surface area contributed by atoms with E-state index in [4.69, 9.17) is 46.3 Å². The predicted octanol–water partition coefficient (Wildman–Crippen LogP) is 4.55. The van der Waals surface area contributed by atoms with Gasteiger partial charge in [0.25, 0.3) is 40.1 Å². The summed E-state index contributed by atoms with van der Waals surface area (Å²) in [5.41, 5.74) is 12.3. The number of amides is 5. The first-order chi connectivity index (χ1) is 56.7. The second-order valence-corrected chi connectivity index (χ2v) is 41.5. The maximum absolute atomic E-state index is 15.2. The second kappa shape index (κ2) is 37.7. The molecule has 0 radical (unpaired) electrons. The molecule has 680 valence electrons. The van der Waals surface area contributed by atoms with Crippen LogP contribution in [0.4, 0.5) is 0 Å². The highest BCUT2D eigenvalue weighted by atomic mass is 32.2. The maximum Gasteiger partial charge on any atom is 0.326 e. The number of rotatable bonds is 35. The molecule has 0 bridgehead atoms. The number of aliphatic carboxylic acids is 1. The molecule has 6 atom stereocenters. The van der Waals surface area contributed by atoms with Crippen LogP contribution in [0.3, 0.4) is 0 Å². The van der Waals surface area contributed by atoms with Crippen LogP contribution < -0.4 is 91.4 Å². The Kier molecular flexibility index (Phi) is 30.1. The van der Waals surface area contributed by atoms with Gasteiger partial charge in [-0.15, -0.1) is 0 Å². The molecule has 0 aromatic heterocycles. The summed E-state index contributed by atoms with van der Waals surface area (Å²) in [6.07, 6.45) is 0.113. The van der Waals surface area contributed by atoms with Gasteiger partial charge >= 0.3 is 5.97 Å². The van der Waals surface area contributed by atoms with Crippen molar-refractivity contribution >= 4 is 99.4 Å². The summed E-state index contributed by atoms with van der Waals surface area (Å²) >= 11 is 0. The lowest BCUT2D eigenvalue weighted by Gasteiger charge is -2.27. The molecule has 123 heavy (non-hydrogen) atoms. The minimum Gasteiger partial charge on any atom is -0.487 e. The molecule has 4 aliphatic rings. The largest absolute Gasteiger partial charge is 0.487 e. The summed E-state index contributed by atoms with van der Waals surface area (Å²) in [6.45, 7) is 37.0. The lowest BCUT2D eigenvalue weighted by Crippen LogP contribution is -2.59. The normalized spacial score (nSPS) is 16.5. The molecule has 4 aromatic carbocycles. The number of benzene rings is 4. The fourth-order valence-corrected chi connectivity index (χ4v) is 22.2. The number of carboxylic acids is 1. The number of carboxylic acid groups (broad SMARTS) is 1. The minimum atomic E-state index is -4.45. The van der Waals surface area contributed by atoms with E-state index in [2.05, 4.69) is 66.7 Å². The lowest BCUT2D eigenvalue weighted by molar-refractivity contribution is -0.142. The van der Waals surface area contributed by atoms with E-state index in [-0.39, 0.29) is 97.1 Å². The van der Waals surface area contributed by atoms with Gasteiger partial charge in [-0.25, -0.2) is 57.4 Å². The van der Waals surface area contributed by atoms with E-state index in [1.165, 1.54) is 13.8 Å². The number of hydrogen-bond donors (Lipinski definition) is 19. The van der Waals surface area contributed by atoms with Crippen molar-refractivity contribution in [3.63, 3.8) is 0 Å². The third kappa shape index (κ3) is 23.0. The van der Waals surface area contributed by atoms with Crippen LogP contribution >= 0.6 is 0 Å². The molecule has 4 heterocycles. The van der Waals surface area contributed by atoms with Crippen LogP contribution in [0.2, 0.25) is 0 Å². The number of nitrogens with one attached hydrogen (secondary N) is 17. The molecule has 20 N–H and O–H groups in total. The van der Waals surface area contributed by atoms with Crippen LogP contribution in [-0.2, 0) is 94.5 Å². The Morgan fingerprint density at radius 3 is 0.780 bits per heavy atom. The summed E-state index contributed by atoms with van der Waals surface area (Å²) in [5, 5.41) is 68.5. The first-order valence-electron chi connectivity index (χ1n) is 40.8. The van der Waals surface area contributed by atoms with Crippen molar-refractivity contribution in [2.75, 3.05) is 26.2 Å². The van der Waals surface area contributed by atoms with Gasteiger partial charge in [0.15, 0.2) is 0 Å². The van der Waals surface area contributed by atoms with Crippen molar-refractivity contribution < 1.29 is 86.5 Å². The van der Waals surface area contributed by atoms with Crippen molar-refractivity contribution in [1.82, 2.24) is 66.7 Å². The number of sulfonamides is 4. The van der Waals surface area contributed by atoms with Gasteiger partial charge in [0.2, 0.25) is 53.4 Å². The number of carbonyl (C=O) groups excluding carboxylic acids is 5. The van der Waals surface area contributed by atoms with E-state index in [0.29, 0.717) is 127 Å². The zero-order chi connectivity index (χ0) is 92.4. The molecular weight excluding hydrogens is 1670 g/mol. The fourth-order valence-electron chi connectivity index (χ4n) is 16.1. The minimum absolute atomic E-state index is 0.0132. The Bertz CT molecular complexity index is 5440. The smallest absolute Gasteiger partial charge is 0.326 e. The molecule has 5 amide bonds. The molecule has 0 spiro atoms. The van der Waals surface area contributed by atoms with Gasteiger partial charge in [0.05, 0.1) is 25.6 Å². The van der Waals surface area contributed by atoms with Crippen molar-refractivity contribution in [2.45, 2.75) is 308 Å². The number of hydrogen-bond acceptors (Lipinski definition) is 23. The number of nitrogens with two attached hydrogens (primary N) is 1. The van der Waals surface area contributed by atoms with Crippen LogP contribution in [0.25, 0.3) is 0 Å². The summed E-state index contributed by atoms with van der Waals surface area (Å²) in [6, 6.07) is -9.23. The van der Waals surface area contributed by atoms with Crippen LogP contribution in [0, 0.1) is 105 Å². The van der Waals surface area contributed by atoms with Crippen LogP contribution in [0.5, 0.6) is 23.0 Å². The lowest BCUT2D eigenvalue weighted by atomic mass is 9.94. The fraction of sp³-hybridized carbons (Fsp3) is 0.585. The molecule has 41 heteroatoms. The zero-order valence-electron chi connectivity index (χ0n) is 74.3. The highest BCUT2D eigenvalue weighted by Gasteiger charge is 2.43. The Balaban J connectivity index is 1.01. The third-order valence-corrected chi connectivity index (χ3v) is 29.2. The highest BCUT2D eigenvalue weighted by molar-refractivity contribution is 7.91. The average molecular weight is 1790 g/mol. The van der Waals surface area contributed by atoms with Gasteiger partial charge in [0.1, 0.15) is 75.6 Å². The van der Waals surface area contributed by atoms with Gasteiger partial charge < -0.3 is 77.6 Å². The molecule has 0 aliphatic carbocycles. The molecule has 0 saturated carbocycles. The topological polar surface area (TPSA) is 574 Å². The van der Waals surface area contributed by atoms with Crippen LogP contribution in [-0.4, -0.2) is 183 Å². The molecular formula is C82H124N18O19S4. The first-order valence-corrected chi connectivity index (χ1v) is 46.8. The summed E-state index contributed by atoms with van der Waals surface area (Å²) < 4.78 is 146. The standard InChI is InChI=1S/C82H124N18O19S4/c1-39-43(5)65(47(9)53-35-79(15,16)116-61(39)53)120(108,109)97-75(84)88-31-23-27-57(71(103)92-52(14)70(102)96-60(74(106)107)30-26-34-91-78(87)100-123(114,115)68-46(8)42(4)64-56(50(68)12)38-82(21,22)119-64)94-73(105)59(29-25-33-90-77(86)99-122(112,113)67-45(7)41(3)63-55(49(67)11)37-81(19,20)118-63)95-72(104)58(93-69(101)51(13)83)28-24-32-89-76(85)98-121(110,111)66-44(6)40(2)62-54(48(66)10)36-80(17,18)117-62/h51-52,57-60H,23-38,83H2,1-22H3,(H,92,103)(H,93,101)(H,94,105)(H,95,104)(H,96,102)(H,106,107)(H3,84,88,97)(H3,85,89,98)(H3,86,90,99)(H3,87,91,100)/t51-,52+,57+,58+,59+,60+/m0/s1. The quantitative estimate of drug-likeness (QED) is 0.0171. The van der Waals surface area contributed by atoms with Crippen molar-refractivity contribution in [1.29, 1.82) is 21.6 Å². The highest BCUT2D eigenvalue weighted by Crippen LogP contribution is 2.48. The summed E-state index contributed by atoms with van der Waals surface area (Å²) in [7, 11) is -17.6. The Morgan fingerprint density at radius 2 is 0.553 bits per heavy atom. The molecule has 0 fully saturated rings. The summed E-state index contributed by atoms with van der Waals surface area (Å²) in [5.74, 6) is -6.67. The molecule has 4 aliphatic heterocycles. The van der Waals surface area contributed by atoms with Gasteiger partial charge in [0, 0.05) is 74.1 Å². The van der Waals surface area contributed by atoms with E-state index < -0.39 is 158 Å². The van der Waals surface area contributed by atoms with Crippen LogP contribution in [0.15, 0.2) is 19.6 Å². The SMILES string of the molecule is Cc1c(C)c(S(=O)(=O)NC(=N)NCCC[C@@H](NC(=O)[C@@H](C)NC(=O)[C@@H](CCCNC(=N)NS(=O)(=O)c2c(C)c(C)c3c(c2C)CC(C)(C)O3)NC(=O)[C@@H](CCCNC(=N)NS(=O)(=O)c2c(C)c(C)c3c(c2C)CC(C)(C)O3)NC(=O)[C@@H](CCCNC(=N)NS(=O)(=O)c2c(C)c(C)c3c(c2C)CC(C)(C)O3)NC(=O)[C@H](C)N)C(=O)O)c(C)c2c1OC(C)(C)C2. The van der Waals surface area contributed by atoms with E-state index in [1.54, 1.807) is 83.1 Å². The van der Waals surface area contributed by atoms with Crippen molar-refractivity contribution in [3.05, 3.63) is 89.0 Å². The first kappa shape index (κ1) is 98.2. The van der Waals surface area contributed by atoms with E-state index >= 15 is 4.79 Å². The molecule has 0 unspecified atom stereocenters. The number of carbonyl (C=O) groups is 6. The molecule has 4 aromatic rings. The summed E-state index contributed by atoms with van der Waals surface area (Å²) in [4.78, 5) is 84.9. The Morgan fingerprint density at radius 1 is 0.341 bits per heavy atom.